The van der Waals surface area contributed by atoms with E-state index in [1.807, 2.05) is 18.2 Å². The predicted molar refractivity (Wildman–Crippen MR) is 26.5 cm³/mol. The third-order valence-corrected chi connectivity index (χ3v) is 5.50. The van der Waals surface area contributed by atoms with Crippen LogP contribution in [0.2, 0.25) is 0 Å². The van der Waals surface area contributed by atoms with Gasteiger partial charge in [-0.25, -0.2) is 0 Å². The Morgan fingerprint density at radius 3 is 2.33 bits per heavy atom. The van der Waals surface area contributed by atoms with Gasteiger partial charge in [-0.3, -0.25) is 0 Å². The van der Waals surface area contributed by atoms with Gasteiger partial charge in [-0.15, -0.1) is 0 Å². The van der Waals surface area contributed by atoms with E-state index in [0.717, 1.165) is 0 Å². The third-order valence-electron chi connectivity index (χ3n) is 0.122. The van der Waals surface area contributed by atoms with Crippen LogP contribution in [0.4, 0.5) is 0 Å². The van der Waals surface area contributed by atoms with Crippen LogP contribution >= 0.6 is 0 Å². The van der Waals surface area contributed by atoms with Crippen LogP contribution in [0.15, 0.2) is 4.02 Å². The molecular formula is C2H2Sb3Zr-. The van der Waals surface area contributed by atoms with E-state index in [4.69, 9.17) is 0 Å². The summed E-state index contributed by atoms with van der Waals surface area (Å²) in [6, 6.07) is 0. The minimum absolute atomic E-state index is 0. The van der Waals surface area contributed by atoms with E-state index in [0.29, 0.717) is 0 Å². The first-order chi connectivity index (χ1) is 2.41. The van der Waals surface area contributed by atoms with Crippen molar-refractivity contribution in [2.75, 3.05) is 0 Å². The molecule has 4 heteroatoms. The van der Waals surface area contributed by atoms with E-state index in [1.165, 1.54) is 23.0 Å². The predicted octanol–water partition coefficient (Wildman–Crippen LogP) is -1.05. The van der Waals surface area contributed by atoms with E-state index < -0.39 is 0 Å². The molecule has 0 unspecified atom stereocenters. The molecule has 0 nitrogen and oxygen atoms in total. The van der Waals surface area contributed by atoms with Crippen molar-refractivity contribution in [2.24, 2.45) is 0 Å². The molecule has 0 aliphatic heterocycles. The Morgan fingerprint density at radius 2 is 2.33 bits per heavy atom. The topological polar surface area (TPSA) is 0 Å². The summed E-state index contributed by atoms with van der Waals surface area (Å²) < 4.78 is 5.30. The van der Waals surface area contributed by atoms with Crippen LogP contribution in [-0.2, 0) is 26.2 Å². The quantitative estimate of drug-likeness (QED) is 0.331. The van der Waals surface area contributed by atoms with E-state index >= 15 is 0 Å². The number of hydrogen-bond acceptors (Lipinski definition) is 0. The SMILES string of the molecule is [Sb]=[Sb][C-]=[CH][SbH].[Zr]. The van der Waals surface area contributed by atoms with Crippen LogP contribution in [0, 0.1) is 4.02 Å². The molecule has 0 aromatic carbocycles. The molecule has 0 rings (SSSR count). The standard InChI is InChI=1S/C2H.3Sb.Zr.H/c1-2;;;;;/h1H;;;;;/q-1;;;;;. The Bertz CT molecular complexity index is 50.8. The summed E-state index contributed by atoms with van der Waals surface area (Å²) in [7, 11) is 0. The first-order valence-electron chi connectivity index (χ1n) is 1.00. The summed E-state index contributed by atoms with van der Waals surface area (Å²) in [5.41, 5.74) is 0. The van der Waals surface area contributed by atoms with Gasteiger partial charge in [-0.05, 0) is 0 Å². The molecule has 0 amide bonds. The molecule has 0 saturated carbocycles. The molecular weight excluding hydrogens is 481 g/mol. The first kappa shape index (κ1) is 11.8. The van der Waals surface area contributed by atoms with Crippen molar-refractivity contribution in [1.29, 1.82) is 0 Å². The average Bonchev–Trinajstić information content (AvgIpc) is 1.41. The molecule has 0 atom stereocenters. The summed E-state index contributed by atoms with van der Waals surface area (Å²) in [6.07, 6.45) is 0. The van der Waals surface area contributed by atoms with Crippen LogP contribution in [-0.4, -0.2) is 58.1 Å². The fraction of sp³-hybridized carbons (Fsp3) is 0. The van der Waals surface area contributed by atoms with Crippen LogP contribution in [0.3, 0.4) is 0 Å². The summed E-state index contributed by atoms with van der Waals surface area (Å²) >= 11 is 3.54. The van der Waals surface area contributed by atoms with Gasteiger partial charge in [-0.1, -0.05) is 0 Å². The Morgan fingerprint density at radius 1 is 1.83 bits per heavy atom. The zero-order valence-electron chi connectivity index (χ0n) is 2.97. The summed E-state index contributed by atoms with van der Waals surface area (Å²) in [5.74, 6) is 0. The average molecular weight is 483 g/mol. The molecule has 0 bridgehead atoms. The first-order valence-corrected chi connectivity index (χ1v) is 12.7. The second-order valence-corrected chi connectivity index (χ2v) is 6.33. The zero-order chi connectivity index (χ0) is 4.12. The normalized spacial score (nSPS) is 7.50. The molecule has 0 fully saturated rings. The van der Waals surface area contributed by atoms with Gasteiger partial charge in [0.25, 0.3) is 0 Å². The Balaban J connectivity index is 0. The van der Waals surface area contributed by atoms with Gasteiger partial charge in [0.2, 0.25) is 0 Å². The van der Waals surface area contributed by atoms with E-state index in [9.17, 15) is 0 Å². The van der Waals surface area contributed by atoms with Crippen molar-refractivity contribution < 1.29 is 26.2 Å². The molecule has 6 heavy (non-hydrogen) atoms. The van der Waals surface area contributed by atoms with Gasteiger partial charge >= 0.3 is 66.1 Å². The maximum Gasteiger partial charge on any atom is 0 e. The molecule has 0 aliphatic carbocycles. The minimum atomic E-state index is 0. The summed E-state index contributed by atoms with van der Waals surface area (Å²) in [5, 5.41) is 0. The molecule has 0 heterocycles. The maximum atomic E-state index is 3.20. The Labute approximate surface area is 90.1 Å². The molecule has 2 radical (unpaired) electrons. The van der Waals surface area contributed by atoms with Crippen molar-refractivity contribution in [2.45, 2.75) is 0 Å². The molecule has 0 spiro atoms. The smallest absolute Gasteiger partial charge is 0 e. The Kier molecular flexibility index (Phi) is 21.6. The Hall–Kier alpha value is 3.08. The van der Waals surface area contributed by atoms with Crippen molar-refractivity contribution in [3.05, 3.63) is 8.05 Å². The van der Waals surface area contributed by atoms with Gasteiger partial charge in [0.15, 0.2) is 0 Å². The van der Waals surface area contributed by atoms with Gasteiger partial charge in [-0.2, -0.15) is 0 Å². The van der Waals surface area contributed by atoms with E-state index in [1.54, 1.807) is 0 Å². The van der Waals surface area contributed by atoms with Gasteiger partial charge < -0.3 is 0 Å². The van der Waals surface area contributed by atoms with Crippen molar-refractivity contribution in [1.82, 2.24) is 0 Å². The van der Waals surface area contributed by atoms with Crippen LogP contribution in [0.5, 0.6) is 0 Å². The number of hydrogen-bond donors (Lipinski definition) is 0. The van der Waals surface area contributed by atoms with Crippen molar-refractivity contribution >= 4 is 58.1 Å². The number of rotatable bonds is 1. The second-order valence-electron chi connectivity index (χ2n) is 0.373. The van der Waals surface area contributed by atoms with E-state index in [-0.39, 0.29) is 43.0 Å². The van der Waals surface area contributed by atoms with Crippen LogP contribution in [0.1, 0.15) is 0 Å². The van der Waals surface area contributed by atoms with Crippen molar-refractivity contribution in [3.8, 4) is 0 Å². The third kappa shape index (κ3) is 10.1. The molecule has 0 aromatic rings. The van der Waals surface area contributed by atoms with Gasteiger partial charge in [0.05, 0.1) is 0 Å². The minimum Gasteiger partial charge on any atom is 0 e. The van der Waals surface area contributed by atoms with Crippen LogP contribution in [0.25, 0.3) is 0 Å². The molecule has 0 saturated heterocycles. The van der Waals surface area contributed by atoms with E-state index in [2.05, 4.69) is 8.05 Å². The monoisotopic (exact) mass is 479 g/mol. The molecule has 30 valence electrons. The van der Waals surface area contributed by atoms with Gasteiger partial charge in [0, 0.05) is 26.2 Å². The summed E-state index contributed by atoms with van der Waals surface area (Å²) in [6.45, 7) is 0. The van der Waals surface area contributed by atoms with Crippen LogP contribution < -0.4 is 0 Å². The largest absolute Gasteiger partial charge is 0 e. The second kappa shape index (κ2) is 11.0. The molecule has 0 N–H and O–H groups in total. The fourth-order valence-corrected chi connectivity index (χ4v) is 8.71. The zero-order valence-corrected chi connectivity index (χ0v) is 13.4. The fourth-order valence-electron chi connectivity index (χ4n) is 0.0289. The van der Waals surface area contributed by atoms with Crippen molar-refractivity contribution in [3.63, 3.8) is 0 Å². The van der Waals surface area contributed by atoms with Gasteiger partial charge in [0.1, 0.15) is 0 Å². The maximum absolute atomic E-state index is 3.20. The molecule has 0 aromatic heterocycles. The summed E-state index contributed by atoms with van der Waals surface area (Å²) in [4.78, 5) is 0. The molecule has 0 aliphatic rings.